The molecule has 0 radical (unpaired) electrons. The van der Waals surface area contributed by atoms with Gasteiger partial charge in [-0.2, -0.15) is 0 Å². The maximum Gasteiger partial charge on any atom is 0.235 e. The van der Waals surface area contributed by atoms with Crippen LogP contribution in [0.5, 0.6) is 0 Å². The number of carbonyl (C=O) groups is 2. The Labute approximate surface area is 217 Å². The summed E-state index contributed by atoms with van der Waals surface area (Å²) in [5, 5.41) is 14.5. The van der Waals surface area contributed by atoms with Gasteiger partial charge in [-0.3, -0.25) is 9.59 Å². The van der Waals surface area contributed by atoms with Gasteiger partial charge < -0.3 is 20.9 Å². The second kappa shape index (κ2) is 9.81. The molecule has 1 heterocycles. The van der Waals surface area contributed by atoms with E-state index in [1.54, 1.807) is 17.0 Å². The van der Waals surface area contributed by atoms with Crippen LogP contribution in [0.1, 0.15) is 51.7 Å². The van der Waals surface area contributed by atoms with Crippen LogP contribution in [0.15, 0.2) is 72.8 Å². The fourth-order valence-electron chi connectivity index (χ4n) is 5.15. The van der Waals surface area contributed by atoms with Crippen LogP contribution < -0.4 is 15.5 Å². The first-order valence-corrected chi connectivity index (χ1v) is 12.7. The van der Waals surface area contributed by atoms with E-state index in [2.05, 4.69) is 10.6 Å². The molecule has 0 aromatic heterocycles. The molecule has 1 saturated heterocycles. The van der Waals surface area contributed by atoms with E-state index < -0.39 is 17.5 Å². The Balaban J connectivity index is 0.00000336. The number of benzene rings is 3. The van der Waals surface area contributed by atoms with Crippen molar-refractivity contribution in [2.45, 2.75) is 45.2 Å². The second-order valence-corrected chi connectivity index (χ2v) is 10.1. The summed E-state index contributed by atoms with van der Waals surface area (Å²) in [6.45, 7) is 3.92. The molecule has 3 atom stereocenters. The Morgan fingerprint density at radius 3 is 2.46 bits per heavy atom. The zero-order valence-electron chi connectivity index (χ0n) is 21.0. The van der Waals surface area contributed by atoms with E-state index in [4.69, 9.17) is 5.41 Å². The van der Waals surface area contributed by atoms with Gasteiger partial charge in [-0.15, -0.1) is 0 Å². The van der Waals surface area contributed by atoms with E-state index in [1.165, 1.54) is 18.3 Å². The van der Waals surface area contributed by atoms with Gasteiger partial charge >= 0.3 is 0 Å². The van der Waals surface area contributed by atoms with Gasteiger partial charge in [-0.05, 0) is 74.2 Å². The number of halogens is 1. The lowest BCUT2D eigenvalue weighted by Gasteiger charge is -2.32. The Kier molecular flexibility index (Phi) is 6.54. The molecule has 3 aromatic rings. The third-order valence-electron chi connectivity index (χ3n) is 7.70. The van der Waals surface area contributed by atoms with E-state index in [0.717, 1.165) is 18.4 Å². The molecule has 1 saturated carbocycles. The molecule has 192 valence electrons. The fraction of sp³-hybridized carbons (Fsp3) is 0.300. The molecule has 2 fully saturated rings. The number of amides is 2. The molecule has 37 heavy (non-hydrogen) atoms. The van der Waals surface area contributed by atoms with Gasteiger partial charge in [-0.25, -0.2) is 4.39 Å². The first-order valence-electron chi connectivity index (χ1n) is 12.7. The Morgan fingerprint density at radius 1 is 1.14 bits per heavy atom. The Hall–Kier alpha value is -4.00. The summed E-state index contributed by atoms with van der Waals surface area (Å²) in [7, 11) is 0. The minimum atomic E-state index is -0.791. The number of hydrogen-bond donors (Lipinski definition) is 3. The molecule has 7 heteroatoms. The minimum absolute atomic E-state index is 0. The highest BCUT2D eigenvalue weighted by atomic mass is 19.1. The Morgan fingerprint density at radius 2 is 1.84 bits per heavy atom. The average molecular weight is 501 g/mol. The van der Waals surface area contributed by atoms with Gasteiger partial charge in [0.15, 0.2) is 0 Å². The van der Waals surface area contributed by atoms with Crippen LogP contribution in [0, 0.1) is 22.6 Å². The molecule has 3 N–H and O–H groups in total. The van der Waals surface area contributed by atoms with Crippen LogP contribution in [0.2, 0.25) is 0 Å². The molecule has 2 amide bonds. The predicted octanol–water partition coefficient (Wildman–Crippen LogP) is 6.21. The largest absolute Gasteiger partial charge is 0.355 e. The number of anilines is 3. The number of rotatable bonds is 8. The summed E-state index contributed by atoms with van der Waals surface area (Å²) in [6, 6.07) is 20.5. The summed E-state index contributed by atoms with van der Waals surface area (Å²) < 4.78 is 13.3. The van der Waals surface area contributed by atoms with E-state index in [9.17, 15) is 14.0 Å². The van der Waals surface area contributed by atoms with E-state index >= 15 is 0 Å². The van der Waals surface area contributed by atoms with Gasteiger partial charge in [0.05, 0.1) is 17.5 Å². The average Bonchev–Trinajstić information content (AvgIpc) is 3.75. The van der Waals surface area contributed by atoms with E-state index in [1.807, 2.05) is 62.4 Å². The smallest absolute Gasteiger partial charge is 0.235 e. The van der Waals surface area contributed by atoms with E-state index in [-0.39, 0.29) is 25.0 Å². The SMILES string of the molecule is CC[C@@]1(C)C(=O)N(c2ccc(Nc3ccc(F)cc3)c(C=N)c2)[C@H](c2ccccc2)[C@H]1NC(=O)C1CC1.[HH]. The molecular formula is C30H33FN4O2. The van der Waals surface area contributed by atoms with Gasteiger partial charge in [0.1, 0.15) is 5.82 Å². The van der Waals surface area contributed by atoms with Crippen molar-refractivity contribution in [1.29, 1.82) is 5.41 Å². The van der Waals surface area contributed by atoms with Crippen molar-refractivity contribution in [1.82, 2.24) is 5.32 Å². The van der Waals surface area contributed by atoms with Crippen molar-refractivity contribution >= 4 is 35.1 Å². The quantitative estimate of drug-likeness (QED) is 0.321. The topological polar surface area (TPSA) is 85.3 Å². The zero-order valence-corrected chi connectivity index (χ0v) is 21.0. The first-order chi connectivity index (χ1) is 17.9. The van der Waals surface area contributed by atoms with Crippen molar-refractivity contribution < 1.29 is 15.4 Å². The van der Waals surface area contributed by atoms with Gasteiger partial charge in [0, 0.05) is 36.2 Å². The molecule has 0 unspecified atom stereocenters. The van der Waals surface area contributed by atoms with E-state index in [0.29, 0.717) is 29.0 Å². The number of hydrogen-bond acceptors (Lipinski definition) is 4. The molecule has 0 bridgehead atoms. The lowest BCUT2D eigenvalue weighted by atomic mass is 9.78. The molecule has 1 aliphatic carbocycles. The second-order valence-electron chi connectivity index (χ2n) is 10.1. The first kappa shape index (κ1) is 24.7. The van der Waals surface area contributed by atoms with Crippen LogP contribution >= 0.6 is 0 Å². The molecule has 3 aromatic carbocycles. The maximum atomic E-state index is 14.1. The molecule has 1 aliphatic heterocycles. The maximum absolute atomic E-state index is 14.1. The monoisotopic (exact) mass is 500 g/mol. The zero-order chi connectivity index (χ0) is 26.2. The Bertz CT molecular complexity index is 1330. The van der Waals surface area contributed by atoms with Crippen LogP contribution in [0.3, 0.4) is 0 Å². The van der Waals surface area contributed by atoms with Crippen molar-refractivity contribution in [2.75, 3.05) is 10.2 Å². The normalized spacial score (nSPS) is 23.1. The summed E-state index contributed by atoms with van der Waals surface area (Å²) in [5.41, 5.74) is 2.76. The fourth-order valence-corrected chi connectivity index (χ4v) is 5.15. The third kappa shape index (κ3) is 4.61. The van der Waals surface area contributed by atoms with Gasteiger partial charge in [-0.1, -0.05) is 37.3 Å². The molecule has 5 rings (SSSR count). The number of nitrogens with zero attached hydrogens (tertiary/aromatic N) is 1. The molecule has 2 aliphatic rings. The molecule has 6 nitrogen and oxygen atoms in total. The summed E-state index contributed by atoms with van der Waals surface area (Å²) >= 11 is 0. The number of nitrogens with one attached hydrogen (secondary N) is 3. The standard InChI is InChI=1S/C30H31FN4O2.H2/c1-3-30(2)27(34-28(36)20-9-10-20)26(19-7-5-4-6-8-19)35(29(30)37)24-15-16-25(21(17-24)18-32)33-23-13-11-22(31)12-14-23;/h4-8,11-18,20,26-27,32-33H,3,9-10H2,1-2H3,(H,34,36);1H/t26-,27-,30-;/m1./s1. The third-order valence-corrected chi connectivity index (χ3v) is 7.70. The highest BCUT2D eigenvalue weighted by molar-refractivity contribution is 6.03. The lowest BCUT2D eigenvalue weighted by molar-refractivity contribution is -0.127. The highest BCUT2D eigenvalue weighted by Gasteiger charge is 2.57. The van der Waals surface area contributed by atoms with Crippen molar-refractivity contribution in [3.05, 3.63) is 89.7 Å². The van der Waals surface area contributed by atoms with Crippen molar-refractivity contribution in [2.24, 2.45) is 11.3 Å². The van der Waals surface area contributed by atoms with Crippen molar-refractivity contribution in [3.8, 4) is 0 Å². The summed E-state index contributed by atoms with van der Waals surface area (Å²) in [6.07, 6.45) is 3.59. The summed E-state index contributed by atoms with van der Waals surface area (Å²) in [5.74, 6) is -0.336. The van der Waals surface area contributed by atoms with Crippen LogP contribution in [0.25, 0.3) is 0 Å². The lowest BCUT2D eigenvalue weighted by Crippen LogP contribution is -2.48. The van der Waals surface area contributed by atoms with Crippen molar-refractivity contribution in [3.63, 3.8) is 0 Å². The highest BCUT2D eigenvalue weighted by Crippen LogP contribution is 2.49. The molecular weight excluding hydrogens is 467 g/mol. The van der Waals surface area contributed by atoms with Crippen LogP contribution in [-0.4, -0.2) is 24.1 Å². The number of carbonyl (C=O) groups excluding carboxylic acids is 2. The van der Waals surface area contributed by atoms with Crippen LogP contribution in [-0.2, 0) is 9.59 Å². The van der Waals surface area contributed by atoms with Gasteiger partial charge in [0.2, 0.25) is 11.8 Å². The van der Waals surface area contributed by atoms with Crippen LogP contribution in [0.4, 0.5) is 21.5 Å². The minimum Gasteiger partial charge on any atom is -0.355 e. The summed E-state index contributed by atoms with van der Waals surface area (Å²) in [4.78, 5) is 28.8. The molecule has 0 spiro atoms. The predicted molar refractivity (Wildman–Crippen MR) is 146 cm³/mol. The van der Waals surface area contributed by atoms with Gasteiger partial charge in [0.25, 0.3) is 0 Å².